The van der Waals surface area contributed by atoms with Crippen molar-refractivity contribution in [2.75, 3.05) is 6.61 Å². The van der Waals surface area contributed by atoms with E-state index < -0.39 is 71.5 Å². The molecular weight excluding hydrogens is 444 g/mol. The Morgan fingerprint density at radius 3 is 2.27 bits per heavy atom. The summed E-state index contributed by atoms with van der Waals surface area (Å²) in [5.41, 5.74) is -1.19. The monoisotopic (exact) mass is 464 g/mol. The molecular formula is C21H20O12. The molecule has 1 saturated heterocycles. The van der Waals surface area contributed by atoms with E-state index >= 15 is 0 Å². The Bertz CT molecular complexity index is 1250. The van der Waals surface area contributed by atoms with Crippen molar-refractivity contribution in [1.82, 2.24) is 0 Å². The van der Waals surface area contributed by atoms with Crippen molar-refractivity contribution < 1.29 is 54.7 Å². The molecule has 0 amide bonds. The van der Waals surface area contributed by atoms with Gasteiger partial charge >= 0.3 is 0 Å². The van der Waals surface area contributed by atoms with Crippen molar-refractivity contribution in [3.63, 3.8) is 0 Å². The van der Waals surface area contributed by atoms with Gasteiger partial charge in [-0.05, 0) is 18.2 Å². The summed E-state index contributed by atoms with van der Waals surface area (Å²) in [7, 11) is 0. The molecule has 33 heavy (non-hydrogen) atoms. The Balaban J connectivity index is 1.91. The summed E-state index contributed by atoms with van der Waals surface area (Å²) in [6.45, 7) is -0.740. The van der Waals surface area contributed by atoms with E-state index in [1.54, 1.807) is 0 Å². The molecule has 1 fully saturated rings. The minimum absolute atomic E-state index is 0.0201. The topological polar surface area (TPSA) is 211 Å². The lowest BCUT2D eigenvalue weighted by molar-refractivity contribution is -0.277. The number of aliphatic hydroxyl groups is 4. The molecule has 0 bridgehead atoms. The number of fused-ring (bicyclic) bond motifs is 1. The molecule has 0 spiro atoms. The Hall–Kier alpha value is -3.55. The molecule has 1 aromatic heterocycles. The third-order valence-electron chi connectivity index (χ3n) is 5.24. The maximum Gasteiger partial charge on any atom is 0.239 e. The van der Waals surface area contributed by atoms with Gasteiger partial charge in [-0.3, -0.25) is 4.79 Å². The van der Waals surface area contributed by atoms with E-state index in [1.165, 1.54) is 6.07 Å². The molecule has 2 aromatic carbocycles. The maximum absolute atomic E-state index is 13.2. The van der Waals surface area contributed by atoms with Crippen LogP contribution in [0.15, 0.2) is 39.5 Å². The number of hydrogen-bond acceptors (Lipinski definition) is 12. The van der Waals surface area contributed by atoms with Crippen LogP contribution in [0.1, 0.15) is 0 Å². The van der Waals surface area contributed by atoms with Gasteiger partial charge in [0.2, 0.25) is 17.5 Å². The molecule has 5 atom stereocenters. The molecule has 8 N–H and O–H groups in total. The number of rotatable bonds is 4. The van der Waals surface area contributed by atoms with E-state index in [-0.39, 0.29) is 22.3 Å². The summed E-state index contributed by atoms with van der Waals surface area (Å²) in [6, 6.07) is 5.36. The first-order valence-corrected chi connectivity index (χ1v) is 9.64. The zero-order valence-electron chi connectivity index (χ0n) is 16.7. The van der Waals surface area contributed by atoms with E-state index in [2.05, 4.69) is 0 Å². The highest BCUT2D eigenvalue weighted by atomic mass is 16.7. The Labute approximate surface area is 184 Å². The minimum atomic E-state index is -1.85. The summed E-state index contributed by atoms with van der Waals surface area (Å²) in [5, 5.41) is 78.7. The second-order valence-electron chi connectivity index (χ2n) is 7.45. The van der Waals surface area contributed by atoms with Crippen LogP contribution in [0.2, 0.25) is 0 Å². The van der Waals surface area contributed by atoms with Crippen LogP contribution in [0.3, 0.4) is 0 Å². The van der Waals surface area contributed by atoms with Gasteiger partial charge < -0.3 is 54.7 Å². The fourth-order valence-corrected chi connectivity index (χ4v) is 3.51. The lowest BCUT2D eigenvalue weighted by Crippen LogP contribution is -2.60. The van der Waals surface area contributed by atoms with Crippen LogP contribution in [0.4, 0.5) is 0 Å². The molecule has 176 valence electrons. The highest BCUT2D eigenvalue weighted by Crippen LogP contribution is 2.39. The first kappa shape index (κ1) is 22.6. The number of ether oxygens (including phenoxy) is 2. The van der Waals surface area contributed by atoms with E-state index in [4.69, 9.17) is 13.9 Å². The number of aliphatic hydroxyl groups excluding tert-OH is 4. The maximum atomic E-state index is 13.2. The van der Waals surface area contributed by atoms with Crippen molar-refractivity contribution in [2.24, 2.45) is 0 Å². The molecule has 2 unspecified atom stereocenters. The van der Waals surface area contributed by atoms with Gasteiger partial charge in [-0.2, -0.15) is 0 Å². The average molecular weight is 464 g/mol. The van der Waals surface area contributed by atoms with Crippen molar-refractivity contribution in [2.45, 2.75) is 30.7 Å². The van der Waals surface area contributed by atoms with Crippen LogP contribution in [0, 0.1) is 0 Å². The molecule has 12 nitrogen and oxygen atoms in total. The molecule has 3 aromatic rings. The molecule has 4 rings (SSSR count). The van der Waals surface area contributed by atoms with Crippen LogP contribution in [0.25, 0.3) is 22.3 Å². The average Bonchev–Trinajstić information content (AvgIpc) is 2.76. The first-order chi connectivity index (χ1) is 15.6. The highest BCUT2D eigenvalue weighted by molar-refractivity contribution is 5.88. The Kier molecular flexibility index (Phi) is 5.78. The van der Waals surface area contributed by atoms with E-state index in [0.29, 0.717) is 0 Å². The molecule has 1 aliphatic rings. The summed E-state index contributed by atoms with van der Waals surface area (Å²) >= 11 is 0. The van der Waals surface area contributed by atoms with Crippen LogP contribution in [-0.4, -0.2) is 78.2 Å². The quantitative estimate of drug-likeness (QED) is 0.229. The third-order valence-corrected chi connectivity index (χ3v) is 5.24. The van der Waals surface area contributed by atoms with Gasteiger partial charge in [0.1, 0.15) is 46.9 Å². The van der Waals surface area contributed by atoms with Gasteiger partial charge in [0, 0.05) is 17.7 Å². The van der Waals surface area contributed by atoms with Crippen LogP contribution < -0.4 is 10.2 Å². The largest absolute Gasteiger partial charge is 0.508 e. The number of benzene rings is 2. The molecule has 0 saturated carbocycles. The standard InChI is InChI=1S/C21H20O12/c22-6-13-15(27)17(29)18(30)21(32-13)33-20-16(28)14-11(26)4-8(23)5-12(14)31-19(20)7-1-2-9(24)10(25)3-7/h1-5,13,15,17-18,21-27,29-30H,6H2/t13-,15-,17?,18?,21+/m1/s1. The summed E-state index contributed by atoms with van der Waals surface area (Å²) < 4.78 is 16.5. The molecule has 1 aliphatic heterocycles. The van der Waals surface area contributed by atoms with Gasteiger partial charge in [0.05, 0.1) is 6.61 Å². The van der Waals surface area contributed by atoms with Gasteiger partial charge in [-0.1, -0.05) is 0 Å². The molecule has 12 heteroatoms. The van der Waals surface area contributed by atoms with Crippen molar-refractivity contribution in [3.8, 4) is 40.1 Å². The third kappa shape index (κ3) is 3.90. The number of phenols is 4. The number of phenolic OH excluding ortho intramolecular Hbond substituents is 4. The first-order valence-electron chi connectivity index (χ1n) is 9.64. The second-order valence-corrected chi connectivity index (χ2v) is 7.45. The summed E-state index contributed by atoms with van der Waals surface area (Å²) in [6.07, 6.45) is -8.40. The van der Waals surface area contributed by atoms with E-state index in [0.717, 1.165) is 24.3 Å². The lowest BCUT2D eigenvalue weighted by atomic mass is 9.99. The van der Waals surface area contributed by atoms with Gasteiger partial charge in [0.25, 0.3) is 0 Å². The van der Waals surface area contributed by atoms with Crippen molar-refractivity contribution >= 4 is 11.0 Å². The zero-order valence-corrected chi connectivity index (χ0v) is 16.7. The Morgan fingerprint density at radius 1 is 0.879 bits per heavy atom. The fourth-order valence-electron chi connectivity index (χ4n) is 3.51. The number of hydrogen-bond donors (Lipinski definition) is 8. The van der Waals surface area contributed by atoms with Crippen LogP contribution in [-0.2, 0) is 4.74 Å². The SMILES string of the molecule is O=c1c(O[C@@H]2O[C@H](CO)[C@@H](O)C(O)C2O)c(-c2ccc(O)c(O)c2)oc2cc(O)cc(O)c12. The van der Waals surface area contributed by atoms with Crippen molar-refractivity contribution in [3.05, 3.63) is 40.6 Å². The zero-order chi connectivity index (χ0) is 24.0. The van der Waals surface area contributed by atoms with Crippen LogP contribution >= 0.6 is 0 Å². The number of aromatic hydroxyl groups is 4. The molecule has 0 aliphatic carbocycles. The summed E-state index contributed by atoms with van der Waals surface area (Å²) in [4.78, 5) is 13.2. The predicted octanol–water partition coefficient (Wildman–Crippen LogP) is -0.539. The van der Waals surface area contributed by atoms with Gasteiger partial charge in [-0.15, -0.1) is 0 Å². The lowest BCUT2D eigenvalue weighted by Gasteiger charge is -2.39. The fraction of sp³-hybridized carbons (Fsp3) is 0.286. The second kappa shape index (κ2) is 8.42. The van der Waals surface area contributed by atoms with Crippen molar-refractivity contribution in [1.29, 1.82) is 0 Å². The summed E-state index contributed by atoms with van der Waals surface area (Å²) in [5.74, 6) is -3.05. The molecule has 2 heterocycles. The Morgan fingerprint density at radius 2 is 1.61 bits per heavy atom. The smallest absolute Gasteiger partial charge is 0.239 e. The van der Waals surface area contributed by atoms with Gasteiger partial charge in [0.15, 0.2) is 17.3 Å². The van der Waals surface area contributed by atoms with Crippen LogP contribution in [0.5, 0.6) is 28.7 Å². The normalized spacial score (nSPS) is 25.3. The highest BCUT2D eigenvalue weighted by Gasteiger charge is 2.45. The predicted molar refractivity (Wildman–Crippen MR) is 109 cm³/mol. The van der Waals surface area contributed by atoms with E-state index in [9.17, 15) is 45.6 Å². The van der Waals surface area contributed by atoms with E-state index in [1.807, 2.05) is 0 Å². The van der Waals surface area contributed by atoms with Gasteiger partial charge in [-0.25, -0.2) is 0 Å². The minimum Gasteiger partial charge on any atom is -0.508 e. The molecule has 0 radical (unpaired) electrons.